The second-order valence-electron chi connectivity index (χ2n) is 8.39. The van der Waals surface area contributed by atoms with Crippen molar-refractivity contribution in [1.29, 1.82) is 0 Å². The zero-order valence-corrected chi connectivity index (χ0v) is 16.8. The Morgan fingerprint density at radius 1 is 1.10 bits per heavy atom. The van der Waals surface area contributed by atoms with Crippen LogP contribution in [-0.4, -0.2) is 35.0 Å². The van der Waals surface area contributed by atoms with E-state index >= 15 is 0 Å². The van der Waals surface area contributed by atoms with Gasteiger partial charge in [0.2, 0.25) is 0 Å². The number of likely N-dealkylation sites (tertiary alicyclic amines) is 1. The fraction of sp³-hybridized carbons (Fsp3) is 0.333. The van der Waals surface area contributed by atoms with E-state index < -0.39 is 5.97 Å². The lowest BCUT2D eigenvalue weighted by Crippen LogP contribution is -2.18. The molecule has 0 spiro atoms. The van der Waals surface area contributed by atoms with Crippen molar-refractivity contribution in [2.45, 2.75) is 32.2 Å². The van der Waals surface area contributed by atoms with Gasteiger partial charge in [0.05, 0.1) is 11.1 Å². The Bertz CT molecular complexity index is 1030. The number of nitrogens with zero attached hydrogens (tertiary/aromatic N) is 1. The number of rotatable bonds is 6. The smallest absolute Gasteiger partial charge is 0.335 e. The van der Waals surface area contributed by atoms with Crippen LogP contribution < -0.4 is 10.6 Å². The Morgan fingerprint density at radius 3 is 2.50 bits per heavy atom. The molecule has 2 aliphatic heterocycles. The molecule has 2 heterocycles. The van der Waals surface area contributed by atoms with Crippen LogP contribution in [-0.2, 0) is 11.3 Å². The van der Waals surface area contributed by atoms with Gasteiger partial charge in [-0.05, 0) is 80.6 Å². The van der Waals surface area contributed by atoms with Crippen molar-refractivity contribution in [3.05, 3.63) is 64.9 Å². The number of carboxylic acid groups (broad SMARTS) is 1. The lowest BCUT2D eigenvalue weighted by atomic mass is 10.00. The summed E-state index contributed by atoms with van der Waals surface area (Å²) in [6.07, 6.45) is 4.62. The molecular weight excluding hydrogens is 378 g/mol. The van der Waals surface area contributed by atoms with Crippen LogP contribution >= 0.6 is 0 Å². The third-order valence-electron chi connectivity index (χ3n) is 6.10. The van der Waals surface area contributed by atoms with Crippen LogP contribution in [0.5, 0.6) is 0 Å². The van der Waals surface area contributed by atoms with E-state index in [-0.39, 0.29) is 11.5 Å². The second kappa shape index (κ2) is 7.61. The highest BCUT2D eigenvalue weighted by atomic mass is 16.4. The van der Waals surface area contributed by atoms with Gasteiger partial charge >= 0.3 is 5.97 Å². The highest BCUT2D eigenvalue weighted by Crippen LogP contribution is 2.44. The predicted octanol–water partition coefficient (Wildman–Crippen LogP) is 4.17. The zero-order chi connectivity index (χ0) is 20.7. The van der Waals surface area contributed by atoms with Crippen LogP contribution in [0, 0.1) is 5.92 Å². The van der Waals surface area contributed by atoms with E-state index in [1.807, 2.05) is 0 Å². The van der Waals surface area contributed by atoms with Gasteiger partial charge in [-0.15, -0.1) is 0 Å². The van der Waals surface area contributed by atoms with Crippen molar-refractivity contribution in [3.8, 4) is 0 Å². The lowest BCUT2D eigenvalue weighted by molar-refractivity contribution is -0.110. The van der Waals surface area contributed by atoms with Gasteiger partial charge in [-0.3, -0.25) is 9.69 Å². The third kappa shape index (κ3) is 3.71. The fourth-order valence-electron chi connectivity index (χ4n) is 4.36. The number of amides is 1. The van der Waals surface area contributed by atoms with Crippen LogP contribution in [0.1, 0.15) is 47.2 Å². The number of aromatic carboxylic acids is 1. The number of benzene rings is 2. The number of anilines is 2. The summed E-state index contributed by atoms with van der Waals surface area (Å²) in [5, 5.41) is 15.7. The molecule has 3 aliphatic rings. The largest absolute Gasteiger partial charge is 0.478 e. The molecule has 0 bridgehead atoms. The standard InChI is InChI=1S/C24H25N3O3/c28-23-21(19-13-17(24(29)30)7-10-20(19)26-23)22(16-5-6-16)25-18-8-3-15(4-9-18)14-27-11-1-2-12-27/h3-4,7-10,13,16,25H,1-2,5-6,11-12,14H2,(H,26,28)(H,29,30). The molecule has 154 valence electrons. The van der Waals surface area contributed by atoms with Crippen LogP contribution in [0.15, 0.2) is 48.2 Å². The van der Waals surface area contributed by atoms with Crippen molar-refractivity contribution in [3.63, 3.8) is 0 Å². The van der Waals surface area contributed by atoms with Crippen molar-refractivity contribution < 1.29 is 14.7 Å². The summed E-state index contributed by atoms with van der Waals surface area (Å²) in [5.74, 6) is -0.868. The Hall–Kier alpha value is -3.12. The minimum absolute atomic E-state index is 0.174. The summed E-state index contributed by atoms with van der Waals surface area (Å²) in [4.78, 5) is 26.6. The number of hydrogen-bond donors (Lipinski definition) is 3. The van der Waals surface area contributed by atoms with Crippen molar-refractivity contribution in [2.24, 2.45) is 5.92 Å². The molecule has 1 aliphatic carbocycles. The molecular formula is C24H25N3O3. The second-order valence-corrected chi connectivity index (χ2v) is 8.39. The Morgan fingerprint density at radius 2 is 1.83 bits per heavy atom. The molecule has 1 saturated heterocycles. The Balaban J connectivity index is 1.44. The predicted molar refractivity (Wildman–Crippen MR) is 116 cm³/mol. The Labute approximate surface area is 175 Å². The highest BCUT2D eigenvalue weighted by molar-refractivity contribution is 6.32. The molecule has 0 aromatic heterocycles. The van der Waals surface area contributed by atoms with Gasteiger partial charge in [0.15, 0.2) is 0 Å². The van der Waals surface area contributed by atoms with Gasteiger partial charge in [-0.1, -0.05) is 12.1 Å². The third-order valence-corrected chi connectivity index (χ3v) is 6.10. The number of carbonyl (C=O) groups is 2. The average Bonchev–Trinajstić information content (AvgIpc) is 3.35. The molecule has 0 atom stereocenters. The van der Waals surface area contributed by atoms with E-state index in [1.165, 1.54) is 37.6 Å². The average molecular weight is 403 g/mol. The number of fused-ring (bicyclic) bond motifs is 1. The number of carbonyl (C=O) groups excluding carboxylic acids is 1. The summed E-state index contributed by atoms with van der Waals surface area (Å²) in [6.45, 7) is 3.32. The highest BCUT2D eigenvalue weighted by Gasteiger charge is 2.35. The van der Waals surface area contributed by atoms with Crippen molar-refractivity contribution >= 4 is 28.8 Å². The molecule has 2 aromatic rings. The van der Waals surface area contributed by atoms with E-state index in [2.05, 4.69) is 39.8 Å². The van der Waals surface area contributed by atoms with Gasteiger partial charge in [-0.25, -0.2) is 4.79 Å². The quantitative estimate of drug-likeness (QED) is 0.631. The van der Waals surface area contributed by atoms with Gasteiger partial charge < -0.3 is 15.7 Å². The summed E-state index contributed by atoms with van der Waals surface area (Å²) in [6, 6.07) is 13.2. The first-order chi connectivity index (χ1) is 14.6. The summed E-state index contributed by atoms with van der Waals surface area (Å²) in [7, 11) is 0. The fourth-order valence-corrected chi connectivity index (χ4v) is 4.36. The molecule has 2 fully saturated rings. The Kier molecular flexibility index (Phi) is 4.79. The van der Waals surface area contributed by atoms with Gasteiger partial charge in [-0.2, -0.15) is 0 Å². The van der Waals surface area contributed by atoms with Gasteiger partial charge in [0.1, 0.15) is 0 Å². The molecule has 3 N–H and O–H groups in total. The number of allylic oxidation sites excluding steroid dienone is 1. The molecule has 5 rings (SSSR count). The van der Waals surface area contributed by atoms with Crippen LogP contribution in [0.3, 0.4) is 0 Å². The van der Waals surface area contributed by atoms with E-state index in [4.69, 9.17) is 0 Å². The maximum absolute atomic E-state index is 12.8. The topological polar surface area (TPSA) is 81.7 Å². The summed E-state index contributed by atoms with van der Waals surface area (Å²) in [5.41, 5.74) is 5.21. The molecule has 1 amide bonds. The van der Waals surface area contributed by atoms with Crippen molar-refractivity contribution in [1.82, 2.24) is 4.90 Å². The first-order valence-electron chi connectivity index (χ1n) is 10.6. The summed E-state index contributed by atoms with van der Waals surface area (Å²) >= 11 is 0. The van der Waals surface area contributed by atoms with Crippen LogP contribution in [0.2, 0.25) is 0 Å². The first kappa shape index (κ1) is 18.9. The normalized spacial score (nSPS) is 20.1. The van der Waals surface area contributed by atoms with Gasteiger partial charge in [0.25, 0.3) is 5.91 Å². The summed E-state index contributed by atoms with van der Waals surface area (Å²) < 4.78 is 0. The van der Waals surface area contributed by atoms with Gasteiger partial charge in [0, 0.05) is 29.2 Å². The SMILES string of the molecule is O=C1Nc2ccc(C(=O)O)cc2C1=C(Nc1ccc(CN2CCCC2)cc1)C1CC1. The van der Waals surface area contributed by atoms with Crippen molar-refractivity contribution in [2.75, 3.05) is 23.7 Å². The monoisotopic (exact) mass is 403 g/mol. The maximum Gasteiger partial charge on any atom is 0.335 e. The molecule has 30 heavy (non-hydrogen) atoms. The number of nitrogens with one attached hydrogen (secondary N) is 2. The molecule has 1 saturated carbocycles. The molecule has 6 heteroatoms. The zero-order valence-electron chi connectivity index (χ0n) is 16.8. The minimum atomic E-state index is -0.994. The minimum Gasteiger partial charge on any atom is -0.478 e. The molecule has 2 aromatic carbocycles. The molecule has 6 nitrogen and oxygen atoms in total. The van der Waals surface area contributed by atoms with Crippen LogP contribution in [0.25, 0.3) is 5.57 Å². The molecule has 0 unspecified atom stereocenters. The number of hydrogen-bond acceptors (Lipinski definition) is 4. The van der Waals surface area contributed by atoms with Crippen LogP contribution in [0.4, 0.5) is 11.4 Å². The van der Waals surface area contributed by atoms with E-state index in [0.717, 1.165) is 30.8 Å². The maximum atomic E-state index is 12.8. The first-order valence-corrected chi connectivity index (χ1v) is 10.6. The van der Waals surface area contributed by atoms with E-state index in [0.29, 0.717) is 22.7 Å². The van der Waals surface area contributed by atoms with E-state index in [1.54, 1.807) is 12.1 Å². The number of carboxylic acids is 1. The lowest BCUT2D eigenvalue weighted by Gasteiger charge is -2.16. The van der Waals surface area contributed by atoms with E-state index in [9.17, 15) is 14.7 Å². The molecule has 0 radical (unpaired) electrons.